The highest BCUT2D eigenvalue weighted by Crippen LogP contribution is 2.35. The van der Waals surface area contributed by atoms with E-state index < -0.39 is 6.10 Å². The van der Waals surface area contributed by atoms with Crippen LogP contribution < -0.4 is 0 Å². The van der Waals surface area contributed by atoms with Crippen molar-refractivity contribution in [3.63, 3.8) is 0 Å². The molecule has 0 spiro atoms. The van der Waals surface area contributed by atoms with E-state index in [1.807, 2.05) is 18.2 Å². The molecule has 94 valence electrons. The van der Waals surface area contributed by atoms with Gasteiger partial charge in [0, 0.05) is 14.5 Å². The first-order valence-corrected chi connectivity index (χ1v) is 7.42. The largest absolute Gasteiger partial charge is 0.384 e. The molecular weight excluding hydrogens is 403 g/mol. The third-order valence-electron chi connectivity index (χ3n) is 2.54. The molecule has 0 fully saturated rings. The molecular formula is C13H8Br2Cl2O. The van der Waals surface area contributed by atoms with Crippen LogP contribution in [0.3, 0.4) is 0 Å². The monoisotopic (exact) mass is 408 g/mol. The lowest BCUT2D eigenvalue weighted by Crippen LogP contribution is -2.00. The SMILES string of the molecule is OC(c1ccc(Br)c(Br)c1)c1cccc(Cl)c1Cl. The van der Waals surface area contributed by atoms with Gasteiger partial charge in [-0.1, -0.05) is 41.4 Å². The number of aliphatic hydroxyl groups excluding tert-OH is 1. The lowest BCUT2D eigenvalue weighted by molar-refractivity contribution is 0.220. The summed E-state index contributed by atoms with van der Waals surface area (Å²) in [6.07, 6.45) is -0.805. The summed E-state index contributed by atoms with van der Waals surface area (Å²) in [6, 6.07) is 10.7. The van der Waals surface area contributed by atoms with Gasteiger partial charge in [-0.05, 0) is 55.6 Å². The fraction of sp³-hybridized carbons (Fsp3) is 0.0769. The van der Waals surface area contributed by atoms with Gasteiger partial charge in [0.05, 0.1) is 10.0 Å². The second-order valence-corrected chi connectivity index (χ2v) is 6.21. The Bertz CT molecular complexity index is 587. The standard InChI is InChI=1S/C13H8Br2Cl2O/c14-9-5-4-7(6-10(9)15)13(18)8-2-1-3-11(16)12(8)17/h1-6,13,18H. The highest BCUT2D eigenvalue weighted by Gasteiger charge is 2.16. The molecule has 0 aliphatic heterocycles. The van der Waals surface area contributed by atoms with E-state index in [2.05, 4.69) is 31.9 Å². The molecule has 0 aliphatic rings. The van der Waals surface area contributed by atoms with Crippen LogP contribution in [-0.4, -0.2) is 5.11 Å². The summed E-state index contributed by atoms with van der Waals surface area (Å²) >= 11 is 18.8. The van der Waals surface area contributed by atoms with E-state index in [4.69, 9.17) is 23.2 Å². The molecule has 0 bridgehead atoms. The average Bonchev–Trinajstić information content (AvgIpc) is 2.35. The first kappa shape index (κ1) is 14.4. The van der Waals surface area contributed by atoms with Crippen LogP contribution in [0, 0.1) is 0 Å². The minimum atomic E-state index is -0.805. The molecule has 0 heterocycles. The number of benzene rings is 2. The summed E-state index contributed by atoms with van der Waals surface area (Å²) < 4.78 is 1.80. The second-order valence-electron chi connectivity index (χ2n) is 3.72. The molecule has 2 aromatic rings. The minimum Gasteiger partial charge on any atom is -0.384 e. The molecule has 1 atom stereocenters. The maximum atomic E-state index is 10.3. The van der Waals surface area contributed by atoms with Gasteiger partial charge in [0.2, 0.25) is 0 Å². The molecule has 0 aromatic heterocycles. The highest BCUT2D eigenvalue weighted by atomic mass is 79.9. The van der Waals surface area contributed by atoms with Crippen LogP contribution in [0.2, 0.25) is 10.0 Å². The van der Waals surface area contributed by atoms with Gasteiger partial charge in [0.25, 0.3) is 0 Å². The third-order valence-corrected chi connectivity index (χ3v) is 5.25. The Morgan fingerprint density at radius 3 is 2.39 bits per heavy atom. The predicted octanol–water partition coefficient (Wildman–Crippen LogP) is 5.60. The van der Waals surface area contributed by atoms with E-state index in [1.165, 1.54) is 0 Å². The van der Waals surface area contributed by atoms with E-state index in [1.54, 1.807) is 18.2 Å². The lowest BCUT2D eigenvalue weighted by Gasteiger charge is -2.14. The first-order chi connectivity index (χ1) is 8.50. The molecule has 5 heteroatoms. The van der Waals surface area contributed by atoms with E-state index >= 15 is 0 Å². The molecule has 0 saturated carbocycles. The number of rotatable bonds is 2. The molecule has 2 aromatic carbocycles. The Balaban J connectivity index is 2.44. The third kappa shape index (κ3) is 2.91. The van der Waals surface area contributed by atoms with E-state index in [0.717, 1.165) is 14.5 Å². The van der Waals surface area contributed by atoms with E-state index in [0.29, 0.717) is 15.6 Å². The molecule has 1 unspecified atom stereocenters. The summed E-state index contributed by atoms with van der Waals surface area (Å²) in [5, 5.41) is 11.1. The van der Waals surface area contributed by atoms with Gasteiger partial charge >= 0.3 is 0 Å². The maximum Gasteiger partial charge on any atom is 0.106 e. The van der Waals surface area contributed by atoms with Gasteiger partial charge in [-0.25, -0.2) is 0 Å². The van der Waals surface area contributed by atoms with Crippen molar-refractivity contribution in [3.8, 4) is 0 Å². The van der Waals surface area contributed by atoms with Crippen molar-refractivity contribution in [1.29, 1.82) is 0 Å². The molecule has 0 saturated heterocycles. The Morgan fingerprint density at radius 1 is 1.00 bits per heavy atom. The summed E-state index contributed by atoms with van der Waals surface area (Å²) in [6.45, 7) is 0. The van der Waals surface area contributed by atoms with Crippen molar-refractivity contribution < 1.29 is 5.11 Å². The van der Waals surface area contributed by atoms with Crippen LogP contribution in [0.4, 0.5) is 0 Å². The minimum absolute atomic E-state index is 0.380. The summed E-state index contributed by atoms with van der Waals surface area (Å²) in [5.41, 5.74) is 1.34. The molecule has 1 N–H and O–H groups in total. The van der Waals surface area contributed by atoms with Crippen LogP contribution in [-0.2, 0) is 0 Å². The zero-order valence-corrected chi connectivity index (χ0v) is 13.7. The van der Waals surface area contributed by atoms with Crippen LogP contribution >= 0.6 is 55.1 Å². The number of halogens is 4. The Kier molecular flexibility index (Phi) is 4.73. The zero-order chi connectivity index (χ0) is 13.3. The van der Waals surface area contributed by atoms with Gasteiger partial charge in [0.15, 0.2) is 0 Å². The van der Waals surface area contributed by atoms with Crippen LogP contribution in [0.5, 0.6) is 0 Å². The molecule has 0 radical (unpaired) electrons. The van der Waals surface area contributed by atoms with Crippen molar-refractivity contribution in [2.45, 2.75) is 6.10 Å². The summed E-state index contributed by atoms with van der Waals surface area (Å²) in [4.78, 5) is 0. The molecule has 1 nitrogen and oxygen atoms in total. The maximum absolute atomic E-state index is 10.3. The van der Waals surface area contributed by atoms with Crippen LogP contribution in [0.25, 0.3) is 0 Å². The normalized spacial score (nSPS) is 12.5. The Hall–Kier alpha value is -0.0600. The quantitative estimate of drug-likeness (QED) is 0.683. The fourth-order valence-corrected chi connectivity index (χ4v) is 2.65. The predicted molar refractivity (Wildman–Crippen MR) is 82.4 cm³/mol. The van der Waals surface area contributed by atoms with Crippen molar-refractivity contribution >= 4 is 55.1 Å². The van der Waals surface area contributed by atoms with Gasteiger partial charge in [0.1, 0.15) is 6.10 Å². The molecule has 0 amide bonds. The second kappa shape index (κ2) is 5.93. The van der Waals surface area contributed by atoms with Crippen molar-refractivity contribution in [2.75, 3.05) is 0 Å². The van der Waals surface area contributed by atoms with Gasteiger partial charge in [-0.15, -0.1) is 0 Å². The van der Waals surface area contributed by atoms with E-state index in [-0.39, 0.29) is 0 Å². The Labute approximate surface area is 132 Å². The molecule has 18 heavy (non-hydrogen) atoms. The molecule has 2 rings (SSSR count). The van der Waals surface area contributed by atoms with Crippen molar-refractivity contribution in [3.05, 3.63) is 66.5 Å². The molecule has 0 aliphatic carbocycles. The fourth-order valence-electron chi connectivity index (χ4n) is 1.59. The van der Waals surface area contributed by atoms with Crippen LogP contribution in [0.15, 0.2) is 45.3 Å². The lowest BCUT2D eigenvalue weighted by atomic mass is 10.0. The summed E-state index contributed by atoms with van der Waals surface area (Å²) in [5.74, 6) is 0. The number of hydrogen-bond acceptors (Lipinski definition) is 1. The zero-order valence-electron chi connectivity index (χ0n) is 9.00. The van der Waals surface area contributed by atoms with Gasteiger partial charge in [-0.2, -0.15) is 0 Å². The smallest absolute Gasteiger partial charge is 0.106 e. The van der Waals surface area contributed by atoms with Gasteiger partial charge < -0.3 is 5.11 Å². The highest BCUT2D eigenvalue weighted by molar-refractivity contribution is 9.13. The first-order valence-electron chi connectivity index (χ1n) is 5.07. The number of hydrogen-bond donors (Lipinski definition) is 1. The van der Waals surface area contributed by atoms with Crippen LogP contribution in [0.1, 0.15) is 17.2 Å². The van der Waals surface area contributed by atoms with Gasteiger partial charge in [-0.3, -0.25) is 0 Å². The Morgan fingerprint density at radius 2 is 1.72 bits per heavy atom. The summed E-state index contributed by atoms with van der Waals surface area (Å²) in [7, 11) is 0. The van der Waals surface area contributed by atoms with Crippen molar-refractivity contribution in [2.24, 2.45) is 0 Å². The average molecular weight is 411 g/mol. The van der Waals surface area contributed by atoms with Crippen molar-refractivity contribution in [1.82, 2.24) is 0 Å². The topological polar surface area (TPSA) is 20.2 Å². The van der Waals surface area contributed by atoms with E-state index in [9.17, 15) is 5.11 Å². The number of aliphatic hydroxyl groups is 1.